The Morgan fingerprint density at radius 1 is 1.28 bits per heavy atom. The van der Waals surface area contributed by atoms with Gasteiger partial charge in [-0.2, -0.15) is 0 Å². The van der Waals surface area contributed by atoms with Gasteiger partial charge in [-0.15, -0.1) is 11.3 Å². The molecule has 1 unspecified atom stereocenters. The lowest BCUT2D eigenvalue weighted by Gasteiger charge is -2.33. The molecule has 0 bridgehead atoms. The topological polar surface area (TPSA) is 77.6 Å². The van der Waals surface area contributed by atoms with Crippen LogP contribution < -0.4 is 15.5 Å². The molecule has 2 N–H and O–H groups in total. The molecule has 2 fully saturated rings. The van der Waals surface area contributed by atoms with Crippen LogP contribution in [0.15, 0.2) is 11.6 Å². The summed E-state index contributed by atoms with van der Waals surface area (Å²) >= 11 is 1.66. The van der Waals surface area contributed by atoms with Gasteiger partial charge in [-0.3, -0.25) is 4.79 Å². The maximum Gasteiger partial charge on any atom is 0.315 e. The number of nitrogens with one attached hydrogen (secondary N) is 2. The first kappa shape index (κ1) is 18.0. The van der Waals surface area contributed by atoms with Crippen molar-refractivity contribution in [1.82, 2.24) is 20.5 Å². The van der Waals surface area contributed by atoms with Crippen molar-refractivity contribution in [3.63, 3.8) is 0 Å². The van der Waals surface area contributed by atoms with E-state index in [0.29, 0.717) is 12.5 Å². The van der Waals surface area contributed by atoms with Gasteiger partial charge in [0.05, 0.1) is 0 Å². The Balaban J connectivity index is 1.35. The van der Waals surface area contributed by atoms with Gasteiger partial charge in [0.15, 0.2) is 5.13 Å². The lowest BCUT2D eigenvalue weighted by Crippen LogP contribution is -2.50. The van der Waals surface area contributed by atoms with Gasteiger partial charge >= 0.3 is 6.03 Å². The number of hydrogen-bond donors (Lipinski definition) is 2. The van der Waals surface area contributed by atoms with Crippen molar-refractivity contribution < 1.29 is 9.59 Å². The largest absolute Gasteiger partial charge is 0.348 e. The third kappa shape index (κ3) is 5.07. The van der Waals surface area contributed by atoms with Crippen LogP contribution in [0.4, 0.5) is 9.93 Å². The average Bonchev–Trinajstić information content (AvgIpc) is 3.15. The van der Waals surface area contributed by atoms with E-state index in [4.69, 9.17) is 0 Å². The second-order valence-corrected chi connectivity index (χ2v) is 7.78. The van der Waals surface area contributed by atoms with Crippen LogP contribution in [0.3, 0.4) is 0 Å². The number of rotatable bonds is 4. The highest BCUT2D eigenvalue weighted by Gasteiger charge is 2.24. The number of aromatic nitrogens is 1. The lowest BCUT2D eigenvalue weighted by atomic mass is 9.98. The number of carbonyl (C=O) groups is 2. The molecule has 3 rings (SSSR count). The van der Waals surface area contributed by atoms with Crippen LogP contribution in [0.5, 0.6) is 0 Å². The maximum atomic E-state index is 12.2. The molecule has 1 aromatic heterocycles. The van der Waals surface area contributed by atoms with E-state index in [1.165, 1.54) is 0 Å². The number of anilines is 1. The monoisotopic (exact) mass is 365 g/mol. The second-order valence-electron chi connectivity index (χ2n) is 6.90. The first-order chi connectivity index (χ1) is 12.1. The van der Waals surface area contributed by atoms with Crippen molar-refractivity contribution in [2.24, 2.45) is 5.92 Å². The van der Waals surface area contributed by atoms with Gasteiger partial charge in [0.2, 0.25) is 5.91 Å². The molecule has 2 saturated heterocycles. The Kier molecular flexibility index (Phi) is 6.12. The molecule has 138 valence electrons. The van der Waals surface area contributed by atoms with Gasteiger partial charge in [-0.05, 0) is 31.6 Å². The average molecular weight is 366 g/mol. The van der Waals surface area contributed by atoms with Crippen LogP contribution in [-0.4, -0.2) is 60.6 Å². The zero-order chi connectivity index (χ0) is 17.6. The summed E-state index contributed by atoms with van der Waals surface area (Å²) in [5.74, 6) is 0.483. The molecule has 2 aliphatic heterocycles. The molecule has 0 aromatic carbocycles. The Labute approximate surface area is 152 Å². The maximum absolute atomic E-state index is 12.2. The minimum absolute atomic E-state index is 0.0901. The second kappa shape index (κ2) is 8.51. The summed E-state index contributed by atoms with van der Waals surface area (Å²) in [6.45, 7) is 5.69. The molecule has 7 nitrogen and oxygen atoms in total. The fraction of sp³-hybridized carbons (Fsp3) is 0.706. The van der Waals surface area contributed by atoms with E-state index in [2.05, 4.69) is 20.5 Å². The first-order valence-corrected chi connectivity index (χ1v) is 9.94. The Morgan fingerprint density at radius 2 is 2.08 bits per heavy atom. The van der Waals surface area contributed by atoms with Crippen LogP contribution in [0, 0.1) is 5.92 Å². The van der Waals surface area contributed by atoms with E-state index in [9.17, 15) is 9.59 Å². The summed E-state index contributed by atoms with van der Waals surface area (Å²) in [6.07, 6.45) is 5.79. The van der Waals surface area contributed by atoms with E-state index in [1.807, 2.05) is 16.5 Å². The SMILES string of the molecule is CC(=O)N1CCCC(CNC(=O)NC2CCN(c3nccs3)CC2)C1. The lowest BCUT2D eigenvalue weighted by molar-refractivity contribution is -0.130. The van der Waals surface area contributed by atoms with Crippen LogP contribution >= 0.6 is 11.3 Å². The number of hydrogen-bond acceptors (Lipinski definition) is 5. The molecule has 1 atom stereocenters. The smallest absolute Gasteiger partial charge is 0.315 e. The third-order valence-corrected chi connectivity index (χ3v) is 5.87. The van der Waals surface area contributed by atoms with Gasteiger partial charge in [0.25, 0.3) is 0 Å². The van der Waals surface area contributed by atoms with E-state index in [1.54, 1.807) is 18.3 Å². The standard InChI is InChI=1S/C17H27N5O2S/c1-13(23)22-7-2-3-14(12-22)11-19-16(24)20-15-4-8-21(9-5-15)17-18-6-10-25-17/h6,10,14-15H,2-5,7-9,11-12H2,1H3,(H2,19,20,24). The zero-order valence-electron chi connectivity index (χ0n) is 14.7. The van der Waals surface area contributed by atoms with Crippen molar-refractivity contribution in [1.29, 1.82) is 0 Å². The van der Waals surface area contributed by atoms with Gasteiger partial charge in [-0.25, -0.2) is 9.78 Å². The number of likely N-dealkylation sites (tertiary alicyclic amines) is 1. The van der Waals surface area contributed by atoms with E-state index in [-0.39, 0.29) is 18.0 Å². The quantitative estimate of drug-likeness (QED) is 0.851. The molecule has 0 saturated carbocycles. The summed E-state index contributed by atoms with van der Waals surface area (Å²) in [6, 6.07) is 0.129. The van der Waals surface area contributed by atoms with Crippen molar-refractivity contribution in [2.75, 3.05) is 37.6 Å². The summed E-state index contributed by atoms with van der Waals surface area (Å²) in [5, 5.41) is 9.13. The van der Waals surface area contributed by atoms with Gasteiger partial charge in [0, 0.05) is 57.3 Å². The number of amides is 3. The van der Waals surface area contributed by atoms with Gasteiger partial charge < -0.3 is 20.4 Å². The van der Waals surface area contributed by atoms with Crippen molar-refractivity contribution >= 4 is 28.4 Å². The molecule has 3 heterocycles. The van der Waals surface area contributed by atoms with Crippen molar-refractivity contribution in [3.8, 4) is 0 Å². The molecule has 1 aromatic rings. The number of piperidine rings is 2. The summed E-state index contributed by atoms with van der Waals surface area (Å²) in [5.41, 5.74) is 0. The number of nitrogens with zero attached hydrogens (tertiary/aromatic N) is 3. The normalized spacial score (nSPS) is 21.9. The molecular weight excluding hydrogens is 338 g/mol. The summed E-state index contributed by atoms with van der Waals surface area (Å²) in [7, 11) is 0. The van der Waals surface area contributed by atoms with Crippen LogP contribution in [-0.2, 0) is 4.79 Å². The number of thiazole rings is 1. The highest BCUT2D eigenvalue weighted by Crippen LogP contribution is 2.22. The Morgan fingerprint density at radius 3 is 2.76 bits per heavy atom. The third-order valence-electron chi connectivity index (χ3n) is 5.04. The predicted molar refractivity (Wildman–Crippen MR) is 98.9 cm³/mol. The zero-order valence-corrected chi connectivity index (χ0v) is 15.6. The molecule has 0 aliphatic carbocycles. The molecule has 8 heteroatoms. The van der Waals surface area contributed by atoms with E-state index in [0.717, 1.165) is 57.0 Å². The van der Waals surface area contributed by atoms with Crippen LogP contribution in [0.25, 0.3) is 0 Å². The van der Waals surface area contributed by atoms with E-state index >= 15 is 0 Å². The fourth-order valence-corrected chi connectivity index (χ4v) is 4.28. The molecule has 0 spiro atoms. The summed E-state index contributed by atoms with van der Waals surface area (Å²) < 4.78 is 0. The minimum atomic E-state index is -0.0901. The van der Waals surface area contributed by atoms with Crippen LogP contribution in [0.1, 0.15) is 32.6 Å². The van der Waals surface area contributed by atoms with Crippen molar-refractivity contribution in [2.45, 2.75) is 38.6 Å². The van der Waals surface area contributed by atoms with Gasteiger partial charge in [0.1, 0.15) is 0 Å². The molecule has 0 radical (unpaired) electrons. The minimum Gasteiger partial charge on any atom is -0.348 e. The van der Waals surface area contributed by atoms with E-state index < -0.39 is 0 Å². The highest BCUT2D eigenvalue weighted by atomic mass is 32.1. The molecule has 2 aliphatic rings. The highest BCUT2D eigenvalue weighted by molar-refractivity contribution is 7.13. The Hall–Kier alpha value is -1.83. The number of urea groups is 1. The molecular formula is C17H27N5O2S. The van der Waals surface area contributed by atoms with Crippen molar-refractivity contribution in [3.05, 3.63) is 11.6 Å². The van der Waals surface area contributed by atoms with Gasteiger partial charge in [-0.1, -0.05) is 0 Å². The summed E-state index contributed by atoms with van der Waals surface area (Å²) in [4.78, 5) is 32.1. The first-order valence-electron chi connectivity index (χ1n) is 9.06. The molecule has 3 amide bonds. The fourth-order valence-electron chi connectivity index (χ4n) is 3.58. The predicted octanol–water partition coefficient (Wildman–Crippen LogP) is 1.67. The number of carbonyl (C=O) groups excluding carboxylic acids is 2. The molecule has 25 heavy (non-hydrogen) atoms. The Bertz CT molecular complexity index is 572. The van der Waals surface area contributed by atoms with Crippen LogP contribution in [0.2, 0.25) is 0 Å².